The highest BCUT2D eigenvalue weighted by Gasteiger charge is 2.10. The highest BCUT2D eigenvalue weighted by Crippen LogP contribution is 2.31. The lowest BCUT2D eigenvalue weighted by molar-refractivity contribution is 0.284. The zero-order chi connectivity index (χ0) is 13.0. The van der Waals surface area contributed by atoms with Gasteiger partial charge in [0, 0.05) is 18.3 Å². The molecule has 0 fully saturated rings. The Morgan fingerprint density at radius 3 is 2.83 bits per heavy atom. The molecule has 0 spiro atoms. The van der Waals surface area contributed by atoms with Crippen LogP contribution in [0.15, 0.2) is 24.4 Å². The third kappa shape index (κ3) is 2.80. The summed E-state index contributed by atoms with van der Waals surface area (Å²) in [7, 11) is 1.62. The average molecular weight is 264 g/mol. The van der Waals surface area contributed by atoms with Crippen LogP contribution in [-0.2, 0) is 13.2 Å². The van der Waals surface area contributed by atoms with Crippen LogP contribution >= 0.6 is 11.3 Å². The van der Waals surface area contributed by atoms with Gasteiger partial charge in [-0.2, -0.15) is 0 Å². The molecule has 4 nitrogen and oxygen atoms in total. The number of rotatable bonds is 5. The van der Waals surface area contributed by atoms with Crippen molar-refractivity contribution in [3.63, 3.8) is 0 Å². The molecule has 0 aliphatic heterocycles. The van der Waals surface area contributed by atoms with Crippen molar-refractivity contribution in [2.75, 3.05) is 7.11 Å². The van der Waals surface area contributed by atoms with Crippen LogP contribution in [0, 0.1) is 6.92 Å². The third-order valence-electron chi connectivity index (χ3n) is 2.53. The SMILES string of the molecule is COc1cccc(CN)c1OCc1cnc(C)s1. The molecule has 1 aromatic carbocycles. The lowest BCUT2D eigenvalue weighted by Crippen LogP contribution is -2.03. The smallest absolute Gasteiger partial charge is 0.166 e. The maximum atomic E-state index is 5.81. The summed E-state index contributed by atoms with van der Waals surface area (Å²) < 4.78 is 11.1. The van der Waals surface area contributed by atoms with Crippen LogP contribution in [0.5, 0.6) is 11.5 Å². The standard InChI is InChI=1S/C13H16N2O2S/c1-9-15-7-11(18-9)8-17-13-10(6-14)4-3-5-12(13)16-2/h3-5,7H,6,8,14H2,1-2H3. The van der Waals surface area contributed by atoms with E-state index < -0.39 is 0 Å². The number of hydrogen-bond acceptors (Lipinski definition) is 5. The van der Waals surface area contributed by atoms with E-state index in [9.17, 15) is 0 Å². The van der Waals surface area contributed by atoms with Gasteiger partial charge in [-0.25, -0.2) is 4.98 Å². The molecular formula is C13H16N2O2S. The van der Waals surface area contributed by atoms with Crippen LogP contribution in [0.1, 0.15) is 15.4 Å². The van der Waals surface area contributed by atoms with Crippen molar-refractivity contribution in [1.82, 2.24) is 4.98 Å². The summed E-state index contributed by atoms with van der Waals surface area (Å²) in [5, 5.41) is 1.03. The molecule has 0 saturated heterocycles. The monoisotopic (exact) mass is 264 g/mol. The number of hydrogen-bond donors (Lipinski definition) is 1. The fourth-order valence-corrected chi connectivity index (χ4v) is 2.37. The van der Waals surface area contributed by atoms with E-state index in [2.05, 4.69) is 4.98 Å². The Kier molecular flexibility index (Phi) is 4.17. The number of para-hydroxylation sites is 1. The lowest BCUT2D eigenvalue weighted by atomic mass is 10.2. The second-order valence-electron chi connectivity index (χ2n) is 3.79. The number of methoxy groups -OCH3 is 1. The van der Waals surface area contributed by atoms with Gasteiger partial charge >= 0.3 is 0 Å². The van der Waals surface area contributed by atoms with Gasteiger partial charge in [0.25, 0.3) is 0 Å². The largest absolute Gasteiger partial charge is 0.493 e. The van der Waals surface area contributed by atoms with E-state index in [1.165, 1.54) is 0 Å². The second-order valence-corrected chi connectivity index (χ2v) is 5.11. The summed E-state index contributed by atoms with van der Waals surface area (Å²) in [6.07, 6.45) is 1.83. The first-order valence-corrected chi connectivity index (χ1v) is 6.46. The number of ether oxygens (including phenoxy) is 2. The molecule has 96 valence electrons. The van der Waals surface area contributed by atoms with Crippen LogP contribution in [0.4, 0.5) is 0 Å². The maximum Gasteiger partial charge on any atom is 0.166 e. The van der Waals surface area contributed by atoms with Crippen molar-refractivity contribution in [3.05, 3.63) is 39.8 Å². The average Bonchev–Trinajstić information content (AvgIpc) is 2.81. The summed E-state index contributed by atoms with van der Waals surface area (Å²) in [6, 6.07) is 5.72. The van der Waals surface area contributed by atoms with Gasteiger partial charge < -0.3 is 15.2 Å². The third-order valence-corrected chi connectivity index (χ3v) is 3.41. The molecule has 5 heteroatoms. The summed E-state index contributed by atoms with van der Waals surface area (Å²) in [6.45, 7) is 2.88. The predicted molar refractivity (Wildman–Crippen MR) is 72.1 cm³/mol. The molecule has 2 aromatic rings. The first-order chi connectivity index (χ1) is 8.74. The zero-order valence-electron chi connectivity index (χ0n) is 10.5. The summed E-state index contributed by atoms with van der Waals surface area (Å²) in [5.41, 5.74) is 6.64. The van der Waals surface area contributed by atoms with Gasteiger partial charge in [-0.05, 0) is 13.0 Å². The van der Waals surface area contributed by atoms with Crippen LogP contribution in [0.2, 0.25) is 0 Å². The molecule has 0 aliphatic rings. The molecule has 0 amide bonds. The molecular weight excluding hydrogens is 248 g/mol. The molecule has 0 aliphatic carbocycles. The molecule has 1 heterocycles. The summed E-state index contributed by atoms with van der Waals surface area (Å²) in [4.78, 5) is 5.28. The highest BCUT2D eigenvalue weighted by molar-refractivity contribution is 7.11. The van der Waals surface area contributed by atoms with E-state index in [1.54, 1.807) is 18.4 Å². The molecule has 0 saturated carbocycles. The fraction of sp³-hybridized carbons (Fsp3) is 0.308. The minimum atomic E-state index is 0.425. The van der Waals surface area contributed by atoms with Crippen molar-refractivity contribution in [1.29, 1.82) is 0 Å². The maximum absolute atomic E-state index is 5.81. The van der Waals surface area contributed by atoms with Gasteiger partial charge in [0.05, 0.1) is 17.0 Å². The quantitative estimate of drug-likeness (QED) is 0.901. The second kappa shape index (κ2) is 5.84. The first-order valence-electron chi connectivity index (χ1n) is 5.64. The van der Waals surface area contributed by atoms with Crippen LogP contribution < -0.4 is 15.2 Å². The minimum Gasteiger partial charge on any atom is -0.493 e. The Bertz CT molecular complexity index is 503. The van der Waals surface area contributed by atoms with Crippen molar-refractivity contribution in [2.45, 2.75) is 20.1 Å². The van der Waals surface area contributed by atoms with Gasteiger partial charge in [-0.3, -0.25) is 0 Å². The number of benzene rings is 1. The van der Waals surface area contributed by atoms with Crippen LogP contribution in [0.3, 0.4) is 0 Å². The first kappa shape index (κ1) is 12.9. The van der Waals surface area contributed by atoms with E-state index in [4.69, 9.17) is 15.2 Å². The van der Waals surface area contributed by atoms with Crippen molar-refractivity contribution < 1.29 is 9.47 Å². The van der Waals surface area contributed by atoms with Gasteiger partial charge in [-0.1, -0.05) is 12.1 Å². The fourth-order valence-electron chi connectivity index (χ4n) is 1.66. The highest BCUT2D eigenvalue weighted by atomic mass is 32.1. The van der Waals surface area contributed by atoms with Crippen molar-refractivity contribution >= 4 is 11.3 Å². The molecule has 2 N–H and O–H groups in total. The Morgan fingerprint density at radius 1 is 1.39 bits per heavy atom. The number of aromatic nitrogens is 1. The minimum absolute atomic E-state index is 0.425. The normalized spacial score (nSPS) is 10.4. The molecule has 0 unspecified atom stereocenters. The van der Waals surface area contributed by atoms with E-state index in [0.29, 0.717) is 24.7 Å². The number of nitrogens with zero attached hydrogens (tertiary/aromatic N) is 1. The molecule has 0 bridgehead atoms. The van der Waals surface area contributed by atoms with Gasteiger partial charge in [-0.15, -0.1) is 11.3 Å². The Balaban J connectivity index is 2.17. The van der Waals surface area contributed by atoms with Crippen molar-refractivity contribution in [3.8, 4) is 11.5 Å². The van der Waals surface area contributed by atoms with E-state index in [0.717, 1.165) is 15.4 Å². The van der Waals surface area contributed by atoms with Crippen molar-refractivity contribution in [2.24, 2.45) is 5.73 Å². The Labute approximate surface area is 110 Å². The number of nitrogens with two attached hydrogens (primary N) is 1. The van der Waals surface area contributed by atoms with E-state index >= 15 is 0 Å². The number of thiazole rings is 1. The molecule has 18 heavy (non-hydrogen) atoms. The Morgan fingerprint density at radius 2 is 2.22 bits per heavy atom. The topological polar surface area (TPSA) is 57.4 Å². The van der Waals surface area contributed by atoms with Gasteiger partial charge in [0.1, 0.15) is 6.61 Å². The predicted octanol–water partition coefficient (Wildman–Crippen LogP) is 2.50. The molecule has 2 rings (SSSR count). The van der Waals surface area contributed by atoms with Crippen LogP contribution in [0.25, 0.3) is 0 Å². The molecule has 1 aromatic heterocycles. The number of aryl methyl sites for hydroxylation is 1. The van der Waals surface area contributed by atoms with E-state index in [1.807, 2.05) is 31.3 Å². The van der Waals surface area contributed by atoms with Gasteiger partial charge in [0.2, 0.25) is 0 Å². The van der Waals surface area contributed by atoms with Gasteiger partial charge in [0.15, 0.2) is 11.5 Å². The summed E-state index contributed by atoms with van der Waals surface area (Å²) >= 11 is 1.63. The van der Waals surface area contributed by atoms with E-state index in [-0.39, 0.29) is 0 Å². The lowest BCUT2D eigenvalue weighted by Gasteiger charge is -2.13. The summed E-state index contributed by atoms with van der Waals surface area (Å²) in [5.74, 6) is 1.42. The molecule has 0 atom stereocenters. The zero-order valence-corrected chi connectivity index (χ0v) is 11.3. The molecule has 0 radical (unpaired) electrons. The Hall–Kier alpha value is -1.59. The van der Waals surface area contributed by atoms with Crippen LogP contribution in [-0.4, -0.2) is 12.1 Å².